The summed E-state index contributed by atoms with van der Waals surface area (Å²) in [6.07, 6.45) is 0.974. The number of rotatable bonds is 11. The van der Waals surface area contributed by atoms with E-state index in [1.165, 1.54) is 0 Å². The molecule has 0 bridgehead atoms. The highest BCUT2D eigenvalue weighted by atomic mass is 35.5. The number of hydrogen-bond acceptors (Lipinski definition) is 3. The molecule has 0 aromatic heterocycles. The van der Waals surface area contributed by atoms with Crippen LogP contribution in [0.5, 0.6) is 5.75 Å². The quantitative estimate of drug-likeness (QED) is 0.276. The fourth-order valence-electron chi connectivity index (χ4n) is 4.48. The Hall–Kier alpha value is -3.31. The first-order chi connectivity index (χ1) is 17.5. The molecule has 0 radical (unpaired) electrons. The van der Waals surface area contributed by atoms with E-state index in [0.717, 1.165) is 34.2 Å². The van der Waals surface area contributed by atoms with E-state index in [1.807, 2.05) is 25.1 Å². The van der Waals surface area contributed by atoms with Gasteiger partial charge in [0.2, 0.25) is 0 Å². The first kappa shape index (κ1) is 28.3. The fraction of sp³-hybridized carbons (Fsp3) is 0.355. The zero-order chi connectivity index (χ0) is 27.1. The predicted molar refractivity (Wildman–Crippen MR) is 148 cm³/mol. The lowest BCUT2D eigenvalue weighted by molar-refractivity contribution is -0.136. The number of carbonyl (C=O) groups excluding carboxylic acids is 1. The molecular weight excluding hydrogens is 486 g/mol. The second-order valence-electron chi connectivity index (χ2n) is 10.1. The third-order valence-corrected chi connectivity index (χ3v) is 6.78. The highest BCUT2D eigenvalue weighted by molar-refractivity contribution is 6.31. The van der Waals surface area contributed by atoms with Gasteiger partial charge in [0.15, 0.2) is 0 Å². The maximum atomic E-state index is 13.6. The lowest BCUT2D eigenvalue weighted by Gasteiger charge is -2.23. The van der Waals surface area contributed by atoms with Crippen molar-refractivity contribution >= 4 is 23.5 Å². The number of halogens is 1. The van der Waals surface area contributed by atoms with Crippen molar-refractivity contribution in [2.75, 3.05) is 0 Å². The van der Waals surface area contributed by atoms with Gasteiger partial charge in [-0.2, -0.15) is 0 Å². The number of carbonyl (C=O) groups is 2. The maximum absolute atomic E-state index is 13.6. The monoisotopic (exact) mass is 521 g/mol. The topological polar surface area (TPSA) is 75.6 Å². The summed E-state index contributed by atoms with van der Waals surface area (Å²) < 4.78 is 6.03. The Morgan fingerprint density at radius 2 is 1.68 bits per heavy atom. The summed E-state index contributed by atoms with van der Waals surface area (Å²) in [6, 6.07) is 17.1. The van der Waals surface area contributed by atoms with Crippen LogP contribution in [0, 0.1) is 26.7 Å². The minimum absolute atomic E-state index is 0.0608. The van der Waals surface area contributed by atoms with Crippen molar-refractivity contribution in [3.05, 3.63) is 98.6 Å². The summed E-state index contributed by atoms with van der Waals surface area (Å²) in [5, 5.41) is 13.1. The lowest BCUT2D eigenvalue weighted by atomic mass is 9.93. The molecule has 0 aliphatic rings. The van der Waals surface area contributed by atoms with Gasteiger partial charge in [0.1, 0.15) is 12.4 Å². The lowest BCUT2D eigenvalue weighted by Crippen LogP contribution is -2.30. The summed E-state index contributed by atoms with van der Waals surface area (Å²) in [7, 11) is 0. The number of ether oxygens (including phenoxy) is 1. The fourth-order valence-corrected chi connectivity index (χ4v) is 4.68. The van der Waals surface area contributed by atoms with Crippen LogP contribution in [0.25, 0.3) is 0 Å². The number of carboxylic acids is 1. The van der Waals surface area contributed by atoms with Gasteiger partial charge in [0.25, 0.3) is 5.91 Å². The summed E-state index contributed by atoms with van der Waals surface area (Å²) in [4.78, 5) is 24.9. The molecule has 1 unspecified atom stereocenters. The summed E-state index contributed by atoms with van der Waals surface area (Å²) >= 11 is 6.24. The Balaban J connectivity index is 1.90. The Bertz CT molecular complexity index is 1250. The van der Waals surface area contributed by atoms with Crippen molar-refractivity contribution in [3.63, 3.8) is 0 Å². The van der Waals surface area contributed by atoms with Gasteiger partial charge < -0.3 is 15.2 Å². The van der Waals surface area contributed by atoms with Crippen LogP contribution in [-0.2, 0) is 17.8 Å². The Labute approximate surface area is 224 Å². The number of amides is 1. The minimum Gasteiger partial charge on any atom is -0.489 e. The molecule has 3 aromatic rings. The van der Waals surface area contributed by atoms with Gasteiger partial charge in [0.05, 0.1) is 6.04 Å². The van der Waals surface area contributed by atoms with Crippen molar-refractivity contribution in [2.24, 2.45) is 5.92 Å². The molecule has 0 heterocycles. The summed E-state index contributed by atoms with van der Waals surface area (Å²) in [5.74, 6) is -0.241. The zero-order valence-corrected chi connectivity index (χ0v) is 23.0. The average molecular weight is 522 g/mol. The van der Waals surface area contributed by atoms with Gasteiger partial charge in [-0.3, -0.25) is 9.59 Å². The van der Waals surface area contributed by atoms with Gasteiger partial charge >= 0.3 is 5.97 Å². The van der Waals surface area contributed by atoms with Gasteiger partial charge in [0, 0.05) is 17.0 Å². The number of aryl methyl sites for hydroxylation is 3. The molecule has 0 spiro atoms. The molecule has 6 heteroatoms. The second kappa shape index (κ2) is 12.8. The van der Waals surface area contributed by atoms with Crippen LogP contribution in [0.2, 0.25) is 5.02 Å². The summed E-state index contributed by atoms with van der Waals surface area (Å²) in [6.45, 7) is 10.6. The van der Waals surface area contributed by atoms with Crippen molar-refractivity contribution in [1.82, 2.24) is 5.32 Å². The van der Waals surface area contributed by atoms with Crippen LogP contribution in [-0.4, -0.2) is 17.0 Å². The molecular formula is C31H36ClNO4. The molecule has 0 aliphatic heterocycles. The van der Waals surface area contributed by atoms with Crippen LogP contribution in [0.15, 0.2) is 54.6 Å². The van der Waals surface area contributed by atoms with Crippen molar-refractivity contribution in [1.29, 1.82) is 0 Å². The van der Waals surface area contributed by atoms with E-state index in [1.54, 1.807) is 18.2 Å². The maximum Gasteiger partial charge on any atom is 0.303 e. The van der Waals surface area contributed by atoms with Crippen LogP contribution in [0.4, 0.5) is 0 Å². The molecule has 37 heavy (non-hydrogen) atoms. The smallest absolute Gasteiger partial charge is 0.303 e. The highest BCUT2D eigenvalue weighted by Gasteiger charge is 2.21. The third kappa shape index (κ3) is 8.09. The SMILES string of the molecule is Cc1cc(C)cc(C(CC(C)C)NC(=O)c2cc(OCc3cccc(Cl)c3C)ccc2CCC(=O)O)c1. The van der Waals surface area contributed by atoms with E-state index in [0.29, 0.717) is 34.4 Å². The largest absolute Gasteiger partial charge is 0.489 e. The Morgan fingerprint density at radius 3 is 2.32 bits per heavy atom. The molecule has 3 aromatic carbocycles. The van der Waals surface area contributed by atoms with Crippen molar-refractivity contribution in [3.8, 4) is 5.75 Å². The molecule has 5 nitrogen and oxygen atoms in total. The Kier molecular flexibility index (Phi) is 9.76. The number of nitrogens with one attached hydrogen (secondary N) is 1. The van der Waals surface area contributed by atoms with Crippen molar-refractivity contribution < 1.29 is 19.4 Å². The van der Waals surface area contributed by atoms with E-state index in [4.69, 9.17) is 16.3 Å². The highest BCUT2D eigenvalue weighted by Crippen LogP contribution is 2.27. The number of benzene rings is 3. The van der Waals surface area contributed by atoms with E-state index < -0.39 is 5.97 Å². The first-order valence-electron chi connectivity index (χ1n) is 12.6. The van der Waals surface area contributed by atoms with E-state index in [2.05, 4.69) is 51.2 Å². The number of carboxylic acid groups (broad SMARTS) is 1. The molecule has 0 saturated heterocycles. The molecule has 3 rings (SSSR count). The normalized spacial score (nSPS) is 11.9. The third-order valence-electron chi connectivity index (χ3n) is 6.37. The average Bonchev–Trinajstić information content (AvgIpc) is 2.82. The van der Waals surface area contributed by atoms with Crippen LogP contribution in [0.3, 0.4) is 0 Å². The molecule has 0 fully saturated rings. The van der Waals surface area contributed by atoms with Gasteiger partial charge in [-0.1, -0.05) is 73.0 Å². The molecule has 2 N–H and O–H groups in total. The Morgan fingerprint density at radius 1 is 0.973 bits per heavy atom. The molecule has 1 atom stereocenters. The predicted octanol–water partition coefficient (Wildman–Crippen LogP) is 7.38. The molecule has 1 amide bonds. The van der Waals surface area contributed by atoms with Gasteiger partial charge in [-0.25, -0.2) is 0 Å². The second-order valence-corrected chi connectivity index (χ2v) is 10.5. The number of aliphatic carboxylic acids is 1. The van der Waals surface area contributed by atoms with E-state index in [-0.39, 0.29) is 24.8 Å². The molecule has 0 aliphatic carbocycles. The van der Waals surface area contributed by atoms with E-state index >= 15 is 0 Å². The first-order valence-corrected chi connectivity index (χ1v) is 13.0. The van der Waals surface area contributed by atoms with E-state index in [9.17, 15) is 14.7 Å². The van der Waals surface area contributed by atoms with Crippen LogP contribution < -0.4 is 10.1 Å². The van der Waals surface area contributed by atoms with Gasteiger partial charge in [-0.05, 0) is 80.0 Å². The number of hydrogen-bond donors (Lipinski definition) is 2. The summed E-state index contributed by atoms with van der Waals surface area (Å²) in [5.41, 5.74) is 6.37. The van der Waals surface area contributed by atoms with Gasteiger partial charge in [-0.15, -0.1) is 0 Å². The van der Waals surface area contributed by atoms with Crippen molar-refractivity contribution in [2.45, 2.75) is 66.5 Å². The zero-order valence-electron chi connectivity index (χ0n) is 22.2. The molecule has 196 valence electrons. The standard InChI is InChI=1S/C31H36ClNO4/c1-19(2)13-29(25-15-20(3)14-21(4)16-25)33-31(36)27-17-26(11-9-23(27)10-12-30(34)35)37-18-24-7-6-8-28(32)22(24)5/h6-9,11,14-17,19,29H,10,12-13,18H2,1-5H3,(H,33,36)(H,34,35). The van der Waals surface area contributed by atoms with Crippen LogP contribution in [0.1, 0.15) is 76.5 Å². The molecule has 0 saturated carbocycles. The minimum atomic E-state index is -0.906. The van der Waals surface area contributed by atoms with Crippen LogP contribution >= 0.6 is 11.6 Å².